The standard InChI is InChI=1S/C12H20NO2Si.2ClH.Zr/c1-12(2,3)13-9-5-6-10-11(9)16(10,4)15-8-7-14;;;/h13-14H,5,7-8H2,1-4H3;2*1H;/q-1;;;+3/p-2. The molecule has 0 bridgehead atoms. The van der Waals surface area contributed by atoms with Crippen LogP contribution in [0.4, 0.5) is 0 Å². The number of nitrogens with one attached hydrogen (secondary N) is 1. The molecule has 1 fully saturated rings. The smallest absolute Gasteiger partial charge is 1.00 e. The first kappa shape index (κ1) is 22.2. The summed E-state index contributed by atoms with van der Waals surface area (Å²) in [7, 11) is -1.77. The summed E-state index contributed by atoms with van der Waals surface area (Å²) < 4.78 is 5.79. The SMILES string of the molecule is CC(C)(C)NC1=C2C(=[C-]C1)[Si]2(C)OCCO.[Cl-].[Cl-].[Zr+3]. The Kier molecular flexibility index (Phi) is 9.06. The molecule has 2 aliphatic rings. The molecule has 1 aliphatic heterocycles. The maximum atomic E-state index is 8.81. The molecule has 0 saturated carbocycles. The maximum absolute atomic E-state index is 8.81. The summed E-state index contributed by atoms with van der Waals surface area (Å²) in [6.07, 6.45) is 4.30. The molecule has 2 N–H and O–H groups in total. The van der Waals surface area contributed by atoms with Crippen LogP contribution in [0.5, 0.6) is 0 Å². The van der Waals surface area contributed by atoms with E-state index < -0.39 is 8.32 Å². The number of hydrogen-bond donors (Lipinski definition) is 2. The van der Waals surface area contributed by atoms with E-state index in [4.69, 9.17) is 9.53 Å². The zero-order valence-corrected chi connectivity index (χ0v) is 16.7. The average Bonchev–Trinajstić information content (AvgIpc) is 2.53. The second-order valence-electron chi connectivity index (χ2n) is 5.56. The van der Waals surface area contributed by atoms with E-state index >= 15 is 0 Å². The molecule has 0 aromatic carbocycles. The van der Waals surface area contributed by atoms with E-state index in [1.54, 1.807) is 0 Å². The molecular formula is C12H20Cl2NO2SiZr. The summed E-state index contributed by atoms with van der Waals surface area (Å²) in [5.41, 5.74) is 1.38. The van der Waals surface area contributed by atoms with E-state index in [1.165, 1.54) is 16.1 Å². The van der Waals surface area contributed by atoms with Crippen LogP contribution in [0.15, 0.2) is 16.1 Å². The molecule has 0 spiro atoms. The van der Waals surface area contributed by atoms with E-state index in [0.717, 1.165) is 6.42 Å². The van der Waals surface area contributed by atoms with Crippen molar-refractivity contribution in [3.05, 3.63) is 22.2 Å². The largest absolute Gasteiger partial charge is 3.00 e. The number of halogens is 2. The number of rotatable bonds is 4. The normalized spacial score (nSPS) is 23.5. The molecular weight excluding hydrogens is 380 g/mol. The Morgan fingerprint density at radius 1 is 1.37 bits per heavy atom. The molecule has 1 atom stereocenters. The Balaban J connectivity index is 0. The number of hydrogen-bond acceptors (Lipinski definition) is 3. The summed E-state index contributed by atoms with van der Waals surface area (Å²) in [4.78, 5) is 0. The van der Waals surface area contributed by atoms with Gasteiger partial charge in [0.15, 0.2) is 0 Å². The van der Waals surface area contributed by atoms with Crippen LogP contribution in [0, 0.1) is 6.08 Å². The Hall–Kier alpha value is 0.880. The minimum absolute atomic E-state index is 0. The van der Waals surface area contributed by atoms with Crippen molar-refractivity contribution in [2.75, 3.05) is 13.2 Å². The molecule has 1 radical (unpaired) electrons. The Morgan fingerprint density at radius 3 is 2.42 bits per heavy atom. The van der Waals surface area contributed by atoms with E-state index in [-0.39, 0.29) is 63.2 Å². The molecule has 1 heterocycles. The van der Waals surface area contributed by atoms with Gasteiger partial charge in [0.05, 0.1) is 13.2 Å². The summed E-state index contributed by atoms with van der Waals surface area (Å²) in [5.74, 6) is 0. The number of fused-ring (bicyclic) bond motifs is 1. The zero-order chi connectivity index (χ0) is 12.0. The van der Waals surface area contributed by atoms with Crippen LogP contribution in [0.3, 0.4) is 0 Å². The molecule has 0 aromatic rings. The van der Waals surface area contributed by atoms with Crippen LogP contribution in [0.2, 0.25) is 6.55 Å². The third-order valence-corrected chi connectivity index (χ3v) is 6.31. The van der Waals surface area contributed by atoms with Gasteiger partial charge in [-0.3, -0.25) is 6.08 Å². The van der Waals surface area contributed by atoms with Crippen molar-refractivity contribution in [3.8, 4) is 0 Å². The van der Waals surface area contributed by atoms with Crippen LogP contribution < -0.4 is 30.1 Å². The first-order valence-electron chi connectivity index (χ1n) is 5.77. The van der Waals surface area contributed by atoms with Gasteiger partial charge < -0.3 is 39.7 Å². The average molecular weight is 401 g/mol. The zero-order valence-electron chi connectivity index (χ0n) is 11.7. The first-order chi connectivity index (χ1) is 7.38. The molecule has 7 heteroatoms. The van der Waals surface area contributed by atoms with Gasteiger partial charge in [0.1, 0.15) is 8.32 Å². The number of aliphatic hydroxyl groups is 1. The molecule has 2 rings (SSSR count). The van der Waals surface area contributed by atoms with Crippen molar-refractivity contribution in [2.24, 2.45) is 0 Å². The van der Waals surface area contributed by atoms with E-state index in [2.05, 4.69) is 38.7 Å². The van der Waals surface area contributed by atoms with E-state index in [9.17, 15) is 0 Å². The molecule has 3 nitrogen and oxygen atoms in total. The van der Waals surface area contributed by atoms with Gasteiger partial charge in [0.25, 0.3) is 0 Å². The van der Waals surface area contributed by atoms with Gasteiger partial charge >= 0.3 is 26.2 Å². The van der Waals surface area contributed by atoms with Crippen molar-refractivity contribution < 1.29 is 60.6 Å². The van der Waals surface area contributed by atoms with Gasteiger partial charge in [-0.15, -0.1) is 0 Å². The van der Waals surface area contributed by atoms with Gasteiger partial charge in [-0.05, 0) is 20.8 Å². The van der Waals surface area contributed by atoms with Gasteiger partial charge in [0, 0.05) is 5.54 Å². The van der Waals surface area contributed by atoms with Gasteiger partial charge in [-0.1, -0.05) is 18.7 Å². The van der Waals surface area contributed by atoms with Gasteiger partial charge in [-0.2, -0.15) is 5.20 Å². The minimum Gasteiger partial charge on any atom is -1.00 e. The predicted molar refractivity (Wildman–Crippen MR) is 65.9 cm³/mol. The maximum Gasteiger partial charge on any atom is 3.00 e. The molecule has 1 aliphatic carbocycles. The monoisotopic (exact) mass is 398 g/mol. The second kappa shape index (κ2) is 7.77. The number of aliphatic hydroxyl groups excluding tert-OH is 1. The van der Waals surface area contributed by atoms with E-state index in [0.29, 0.717) is 6.61 Å². The summed E-state index contributed by atoms with van der Waals surface area (Å²) in [6, 6.07) is 0. The minimum atomic E-state index is -1.77. The van der Waals surface area contributed by atoms with Crippen molar-refractivity contribution in [1.82, 2.24) is 5.32 Å². The second-order valence-corrected chi connectivity index (χ2v) is 8.92. The molecule has 19 heavy (non-hydrogen) atoms. The van der Waals surface area contributed by atoms with Crippen molar-refractivity contribution >= 4 is 8.32 Å². The number of allylic oxidation sites excluding steroid dienone is 3. The Morgan fingerprint density at radius 2 is 1.95 bits per heavy atom. The van der Waals surface area contributed by atoms with Gasteiger partial charge in [-0.25, -0.2) is 5.20 Å². The third kappa shape index (κ3) is 4.69. The van der Waals surface area contributed by atoms with Crippen LogP contribution in [-0.4, -0.2) is 32.2 Å². The van der Waals surface area contributed by atoms with E-state index in [1.807, 2.05) is 0 Å². The molecule has 1 saturated heterocycles. The fraction of sp³-hybridized carbons (Fsp3) is 0.667. The Bertz CT molecular complexity index is 382. The van der Waals surface area contributed by atoms with Crippen molar-refractivity contribution in [3.63, 3.8) is 0 Å². The molecule has 1 unspecified atom stereocenters. The quantitative estimate of drug-likeness (QED) is 0.369. The molecule has 0 aromatic heterocycles. The first-order valence-corrected chi connectivity index (χ1v) is 8.17. The van der Waals surface area contributed by atoms with Crippen LogP contribution in [0.1, 0.15) is 27.2 Å². The van der Waals surface area contributed by atoms with Gasteiger partial charge in [0.2, 0.25) is 0 Å². The van der Waals surface area contributed by atoms with Crippen molar-refractivity contribution in [1.29, 1.82) is 0 Å². The van der Waals surface area contributed by atoms with Crippen LogP contribution >= 0.6 is 0 Å². The summed E-state index contributed by atoms with van der Waals surface area (Å²) in [5, 5.41) is 15.0. The van der Waals surface area contributed by atoms with Crippen molar-refractivity contribution in [2.45, 2.75) is 39.3 Å². The molecule has 0 amide bonds. The molecule has 107 valence electrons. The van der Waals surface area contributed by atoms with Crippen LogP contribution in [-0.2, 0) is 30.6 Å². The third-order valence-electron chi connectivity index (χ3n) is 2.89. The summed E-state index contributed by atoms with van der Waals surface area (Å²) in [6.45, 7) is 9.21. The van der Waals surface area contributed by atoms with Crippen LogP contribution in [0.25, 0.3) is 0 Å². The summed E-state index contributed by atoms with van der Waals surface area (Å²) >= 11 is 0. The fourth-order valence-electron chi connectivity index (χ4n) is 2.27. The Labute approximate surface area is 148 Å². The topological polar surface area (TPSA) is 41.5 Å². The predicted octanol–water partition coefficient (Wildman–Crippen LogP) is -4.56. The fourth-order valence-corrected chi connectivity index (χ4v) is 5.70.